The van der Waals surface area contributed by atoms with Crippen LogP contribution in [0.3, 0.4) is 0 Å². The molecule has 2 fully saturated rings. The fraction of sp³-hybridized carbons (Fsp3) is 0.641. The van der Waals surface area contributed by atoms with Crippen LogP contribution in [0, 0.1) is 17.8 Å². The number of aryl methyl sites for hydroxylation is 1. The molecule has 1 spiro atoms. The van der Waals surface area contributed by atoms with Crippen molar-refractivity contribution in [2.45, 2.75) is 88.4 Å². The van der Waals surface area contributed by atoms with E-state index in [1.807, 2.05) is 17.9 Å². The highest BCUT2D eigenvalue weighted by Crippen LogP contribution is 2.49. The standard InChI is InChI=1S/C39H53ClN4O6S/c1-26-6-4-15-39(47,24-42-16-18-43(19-17-42)28(3)45)34-11-8-31(34)22-44-23-38(14-5-7-29-20-32(40)10-12-33(29)38)25-50-36-13-9-30(21-35(36)44)37(46)41-51(48,49)27(26)2/h9-10,12-13,20-21,26-27,31,34,47H,4-8,11,14-19,22-25H2,1-3H3,(H,41,46)/t26-,27+,31-,34+,38-,39-/m0/s1. The Hall–Kier alpha value is -2.86. The number of aliphatic hydroxyl groups is 1. The maximum Gasteiger partial charge on any atom is 0.264 e. The maximum atomic E-state index is 13.6. The van der Waals surface area contributed by atoms with Crippen LogP contribution in [0.1, 0.15) is 87.2 Å². The Morgan fingerprint density at radius 3 is 2.55 bits per heavy atom. The highest BCUT2D eigenvalue weighted by molar-refractivity contribution is 7.90. The summed E-state index contributed by atoms with van der Waals surface area (Å²) in [4.78, 5) is 32.2. The van der Waals surface area contributed by atoms with Gasteiger partial charge in [0.2, 0.25) is 15.9 Å². The second-order valence-electron chi connectivity index (χ2n) is 16.2. The molecule has 2 bridgehead atoms. The van der Waals surface area contributed by atoms with Crippen molar-refractivity contribution in [3.8, 4) is 5.75 Å². The van der Waals surface area contributed by atoms with Crippen LogP contribution >= 0.6 is 11.6 Å². The molecule has 7 rings (SSSR count). The smallest absolute Gasteiger partial charge is 0.264 e. The molecule has 51 heavy (non-hydrogen) atoms. The molecule has 2 aliphatic carbocycles. The molecule has 278 valence electrons. The van der Waals surface area contributed by atoms with Crippen molar-refractivity contribution in [3.63, 3.8) is 0 Å². The van der Waals surface area contributed by atoms with Crippen molar-refractivity contribution in [2.75, 3.05) is 57.3 Å². The molecule has 2 N–H and O–H groups in total. The second kappa shape index (κ2) is 14.2. The molecule has 10 nitrogen and oxygen atoms in total. The summed E-state index contributed by atoms with van der Waals surface area (Å²) in [5.41, 5.74) is 2.27. The van der Waals surface area contributed by atoms with E-state index in [0.717, 1.165) is 55.9 Å². The monoisotopic (exact) mass is 740 g/mol. The van der Waals surface area contributed by atoms with Crippen LogP contribution < -0.4 is 14.4 Å². The number of ether oxygens (including phenoxy) is 1. The van der Waals surface area contributed by atoms with Crippen LogP contribution in [0.15, 0.2) is 36.4 Å². The van der Waals surface area contributed by atoms with Crippen LogP contribution in [0.2, 0.25) is 5.02 Å². The van der Waals surface area contributed by atoms with Crippen molar-refractivity contribution in [1.29, 1.82) is 0 Å². The van der Waals surface area contributed by atoms with Gasteiger partial charge in [-0.25, -0.2) is 13.1 Å². The highest BCUT2D eigenvalue weighted by atomic mass is 35.5. The molecule has 1 saturated carbocycles. The van der Waals surface area contributed by atoms with Gasteiger partial charge in [-0.3, -0.25) is 14.5 Å². The van der Waals surface area contributed by atoms with Crippen LogP contribution in [0.4, 0.5) is 5.69 Å². The van der Waals surface area contributed by atoms with Crippen LogP contribution in [-0.4, -0.2) is 98.4 Å². The summed E-state index contributed by atoms with van der Waals surface area (Å²) in [5.74, 6) is 0.167. The van der Waals surface area contributed by atoms with E-state index in [2.05, 4.69) is 26.7 Å². The molecule has 0 unspecified atom stereocenters. The van der Waals surface area contributed by atoms with Gasteiger partial charge in [-0.2, -0.15) is 0 Å². The summed E-state index contributed by atoms with van der Waals surface area (Å²) >= 11 is 6.47. The predicted octanol–water partition coefficient (Wildman–Crippen LogP) is 5.00. The molecular formula is C39H53ClN4O6S. The summed E-state index contributed by atoms with van der Waals surface area (Å²) in [6.07, 6.45) is 6.66. The second-order valence-corrected chi connectivity index (χ2v) is 18.6. The molecule has 0 radical (unpaired) electrons. The van der Waals surface area contributed by atoms with Crippen LogP contribution in [-0.2, 0) is 26.7 Å². The third-order valence-corrected chi connectivity index (χ3v) is 15.1. The van der Waals surface area contributed by atoms with E-state index in [9.17, 15) is 23.1 Å². The van der Waals surface area contributed by atoms with E-state index in [4.69, 9.17) is 16.3 Å². The molecule has 2 amide bonds. The largest absolute Gasteiger partial charge is 0.490 e. The van der Waals surface area contributed by atoms with Gasteiger partial charge in [-0.05, 0) is 111 Å². The Balaban J connectivity index is 1.26. The number of piperazine rings is 1. The number of halogens is 1. The number of hydrogen-bond donors (Lipinski definition) is 2. The maximum absolute atomic E-state index is 13.6. The number of sulfonamides is 1. The van der Waals surface area contributed by atoms with Crippen molar-refractivity contribution in [2.24, 2.45) is 17.8 Å². The van der Waals surface area contributed by atoms with E-state index in [0.29, 0.717) is 64.3 Å². The van der Waals surface area contributed by atoms with Crippen LogP contribution in [0.5, 0.6) is 5.75 Å². The third-order valence-electron chi connectivity index (χ3n) is 13.0. The Morgan fingerprint density at radius 2 is 1.82 bits per heavy atom. The number of hydrogen-bond acceptors (Lipinski definition) is 8. The zero-order chi connectivity index (χ0) is 36.1. The molecule has 3 aliphatic heterocycles. The minimum atomic E-state index is -3.97. The van der Waals surface area contributed by atoms with Crippen molar-refractivity contribution in [1.82, 2.24) is 14.5 Å². The van der Waals surface area contributed by atoms with Gasteiger partial charge in [0.15, 0.2) is 0 Å². The van der Waals surface area contributed by atoms with Gasteiger partial charge in [0, 0.05) is 68.7 Å². The lowest BCUT2D eigenvalue weighted by Crippen LogP contribution is -2.59. The lowest BCUT2D eigenvalue weighted by molar-refractivity contribution is -0.133. The Bertz CT molecular complexity index is 1770. The molecular weight excluding hydrogens is 688 g/mol. The van der Waals surface area contributed by atoms with Crippen molar-refractivity contribution in [3.05, 3.63) is 58.1 Å². The Kier molecular flexibility index (Phi) is 10.1. The third kappa shape index (κ3) is 7.25. The molecule has 1 saturated heterocycles. The van der Waals surface area contributed by atoms with Gasteiger partial charge in [0.25, 0.3) is 5.91 Å². The fourth-order valence-electron chi connectivity index (χ4n) is 9.57. The number of amides is 2. The lowest BCUT2D eigenvalue weighted by atomic mass is 9.62. The number of carbonyl (C=O) groups excluding carboxylic acids is 2. The minimum Gasteiger partial charge on any atom is -0.490 e. The quantitative estimate of drug-likeness (QED) is 0.442. The zero-order valence-corrected chi connectivity index (χ0v) is 31.8. The molecule has 2 aromatic rings. The number of benzene rings is 2. The average molecular weight is 741 g/mol. The van der Waals surface area contributed by atoms with E-state index >= 15 is 0 Å². The molecule has 3 heterocycles. The first-order valence-corrected chi connectivity index (χ1v) is 20.8. The molecule has 2 aromatic carbocycles. The number of nitrogens with one attached hydrogen (secondary N) is 1. The van der Waals surface area contributed by atoms with Gasteiger partial charge in [-0.1, -0.05) is 31.0 Å². The Labute approximate surface area is 307 Å². The number of carbonyl (C=O) groups is 2. The molecule has 5 aliphatic rings. The highest BCUT2D eigenvalue weighted by Gasteiger charge is 2.49. The van der Waals surface area contributed by atoms with Crippen LogP contribution in [0.25, 0.3) is 0 Å². The van der Waals surface area contributed by atoms with E-state index in [-0.39, 0.29) is 34.6 Å². The number of β-amino-alcohol motifs (C(OH)–C–C–N with tert-alkyl or cyclic N) is 1. The summed E-state index contributed by atoms with van der Waals surface area (Å²) in [5, 5.41) is 12.7. The van der Waals surface area contributed by atoms with E-state index in [1.165, 1.54) is 11.1 Å². The molecule has 12 heteroatoms. The first-order chi connectivity index (χ1) is 24.3. The normalized spacial score (nSPS) is 32.8. The predicted molar refractivity (Wildman–Crippen MR) is 199 cm³/mol. The SMILES string of the molecule is CC(=O)N1CCN(C[C@@]2(O)CCC[C@H](C)[C@@H](C)S(=O)(=O)NC(=O)c3ccc4c(c3)N(C[C@@H]3CC[C@H]32)C[C@@]2(CCCc3cc(Cl)ccc32)CO4)CC1. The fourth-order valence-corrected chi connectivity index (χ4v) is 11.1. The number of nitrogens with zero attached hydrogens (tertiary/aromatic N) is 3. The van der Waals surface area contributed by atoms with Crippen molar-refractivity contribution >= 4 is 39.1 Å². The first-order valence-electron chi connectivity index (χ1n) is 18.8. The topological polar surface area (TPSA) is 119 Å². The first kappa shape index (κ1) is 36.5. The number of fused-ring (bicyclic) bond motifs is 4. The summed E-state index contributed by atoms with van der Waals surface area (Å²) in [7, 11) is -3.97. The molecule has 6 atom stereocenters. The lowest BCUT2D eigenvalue weighted by Gasteiger charge is -2.52. The number of anilines is 1. The summed E-state index contributed by atoms with van der Waals surface area (Å²) in [6, 6.07) is 11.4. The summed E-state index contributed by atoms with van der Waals surface area (Å²) in [6.45, 7) is 10.3. The van der Waals surface area contributed by atoms with Gasteiger partial charge < -0.3 is 19.6 Å². The number of rotatable bonds is 2. The zero-order valence-electron chi connectivity index (χ0n) is 30.2. The molecule has 0 aromatic heterocycles. The van der Waals surface area contributed by atoms with Gasteiger partial charge in [-0.15, -0.1) is 0 Å². The average Bonchev–Trinajstić information content (AvgIpc) is 3.22. The van der Waals surface area contributed by atoms with E-state index in [1.54, 1.807) is 32.0 Å². The minimum absolute atomic E-state index is 0.0557. The van der Waals surface area contributed by atoms with E-state index < -0.39 is 26.8 Å². The summed E-state index contributed by atoms with van der Waals surface area (Å²) < 4.78 is 36.0. The van der Waals surface area contributed by atoms with Crippen molar-refractivity contribution < 1.29 is 27.9 Å². The Morgan fingerprint density at radius 1 is 1.04 bits per heavy atom. The van der Waals surface area contributed by atoms with Gasteiger partial charge in [0.05, 0.1) is 23.1 Å². The van der Waals surface area contributed by atoms with Gasteiger partial charge >= 0.3 is 0 Å². The van der Waals surface area contributed by atoms with Gasteiger partial charge in [0.1, 0.15) is 5.75 Å².